The van der Waals surface area contributed by atoms with E-state index in [0.29, 0.717) is 35.4 Å². The SMILES string of the molecule is Cc1noc(-c2ccc3sc(Cc4noc(-c5cncnc5)n4)nc3c2)n1. The number of benzene rings is 1. The normalized spacial score (nSPS) is 11.3. The zero-order valence-corrected chi connectivity index (χ0v) is 14.8. The summed E-state index contributed by atoms with van der Waals surface area (Å²) >= 11 is 1.58. The van der Waals surface area contributed by atoms with E-state index in [2.05, 4.69) is 35.2 Å². The van der Waals surface area contributed by atoms with Crippen LogP contribution in [0.5, 0.6) is 0 Å². The Morgan fingerprint density at radius 2 is 1.74 bits per heavy atom. The molecule has 0 unspecified atom stereocenters. The van der Waals surface area contributed by atoms with Gasteiger partial charge in [0.05, 0.1) is 22.2 Å². The highest BCUT2D eigenvalue weighted by Crippen LogP contribution is 2.28. The first kappa shape index (κ1) is 15.7. The Balaban J connectivity index is 1.42. The first-order chi connectivity index (χ1) is 13.2. The number of fused-ring (bicyclic) bond motifs is 1. The van der Waals surface area contributed by atoms with Gasteiger partial charge in [0.15, 0.2) is 11.6 Å². The van der Waals surface area contributed by atoms with Gasteiger partial charge in [-0.3, -0.25) is 0 Å². The highest BCUT2D eigenvalue weighted by Gasteiger charge is 2.14. The number of aryl methyl sites for hydroxylation is 1. The van der Waals surface area contributed by atoms with Crippen molar-refractivity contribution < 1.29 is 9.05 Å². The molecular formula is C17H11N7O2S. The molecule has 0 bridgehead atoms. The second kappa shape index (κ2) is 6.32. The van der Waals surface area contributed by atoms with Crippen molar-refractivity contribution in [3.8, 4) is 22.9 Å². The van der Waals surface area contributed by atoms with Gasteiger partial charge in [0.2, 0.25) is 0 Å². The summed E-state index contributed by atoms with van der Waals surface area (Å²) in [6.07, 6.45) is 5.18. The van der Waals surface area contributed by atoms with Crippen molar-refractivity contribution in [1.29, 1.82) is 0 Å². The molecule has 10 heteroatoms. The topological polar surface area (TPSA) is 117 Å². The van der Waals surface area contributed by atoms with Crippen molar-refractivity contribution in [3.05, 3.63) is 53.6 Å². The van der Waals surface area contributed by atoms with E-state index in [-0.39, 0.29) is 0 Å². The van der Waals surface area contributed by atoms with Crippen LogP contribution < -0.4 is 0 Å². The number of thiazole rings is 1. The van der Waals surface area contributed by atoms with Crippen LogP contribution in [0.2, 0.25) is 0 Å². The van der Waals surface area contributed by atoms with E-state index in [1.54, 1.807) is 30.7 Å². The third kappa shape index (κ3) is 3.06. The minimum absolute atomic E-state index is 0.390. The highest BCUT2D eigenvalue weighted by atomic mass is 32.1. The Morgan fingerprint density at radius 3 is 2.56 bits per heavy atom. The van der Waals surface area contributed by atoms with Crippen molar-refractivity contribution in [3.63, 3.8) is 0 Å². The lowest BCUT2D eigenvalue weighted by molar-refractivity contribution is 0.423. The fraction of sp³-hybridized carbons (Fsp3) is 0.118. The Labute approximate surface area is 156 Å². The molecule has 0 saturated carbocycles. The molecule has 0 aliphatic heterocycles. The maximum Gasteiger partial charge on any atom is 0.261 e. The molecule has 0 spiro atoms. The number of hydrogen-bond acceptors (Lipinski definition) is 10. The van der Waals surface area contributed by atoms with Crippen molar-refractivity contribution in [1.82, 2.24) is 35.2 Å². The molecule has 0 fully saturated rings. The van der Waals surface area contributed by atoms with Crippen molar-refractivity contribution in [2.45, 2.75) is 13.3 Å². The quantitative estimate of drug-likeness (QED) is 0.465. The summed E-state index contributed by atoms with van der Waals surface area (Å²) in [5.74, 6) is 2.03. The molecule has 0 N–H and O–H groups in total. The van der Waals surface area contributed by atoms with Crippen LogP contribution in [0.4, 0.5) is 0 Å². The highest BCUT2D eigenvalue weighted by molar-refractivity contribution is 7.18. The minimum Gasteiger partial charge on any atom is -0.334 e. The summed E-state index contributed by atoms with van der Waals surface area (Å²) in [7, 11) is 0. The van der Waals surface area contributed by atoms with Crippen LogP contribution in [0.25, 0.3) is 33.1 Å². The van der Waals surface area contributed by atoms with Crippen LogP contribution in [0.15, 0.2) is 46.0 Å². The largest absolute Gasteiger partial charge is 0.334 e. The summed E-state index contributed by atoms with van der Waals surface area (Å²) in [6, 6.07) is 5.87. The van der Waals surface area contributed by atoms with Gasteiger partial charge in [0.1, 0.15) is 11.3 Å². The number of hydrogen-bond donors (Lipinski definition) is 0. The third-order valence-electron chi connectivity index (χ3n) is 3.79. The van der Waals surface area contributed by atoms with E-state index < -0.39 is 0 Å². The molecule has 4 aromatic heterocycles. The Bertz CT molecular complexity index is 1230. The van der Waals surface area contributed by atoms with Gasteiger partial charge in [0.25, 0.3) is 11.8 Å². The fourth-order valence-electron chi connectivity index (χ4n) is 2.59. The van der Waals surface area contributed by atoms with Crippen LogP contribution in [-0.2, 0) is 6.42 Å². The molecule has 27 heavy (non-hydrogen) atoms. The van der Waals surface area contributed by atoms with Crippen LogP contribution >= 0.6 is 11.3 Å². The Hall–Kier alpha value is -3.53. The molecule has 0 radical (unpaired) electrons. The Morgan fingerprint density at radius 1 is 0.926 bits per heavy atom. The monoisotopic (exact) mass is 377 g/mol. The third-order valence-corrected chi connectivity index (χ3v) is 4.83. The van der Waals surface area contributed by atoms with Gasteiger partial charge < -0.3 is 9.05 Å². The van der Waals surface area contributed by atoms with Crippen LogP contribution in [-0.4, -0.2) is 35.2 Å². The summed E-state index contributed by atoms with van der Waals surface area (Å²) in [6.45, 7) is 1.78. The van der Waals surface area contributed by atoms with Crippen molar-refractivity contribution in [2.24, 2.45) is 0 Å². The van der Waals surface area contributed by atoms with Crippen molar-refractivity contribution >= 4 is 21.6 Å². The smallest absolute Gasteiger partial charge is 0.261 e. The lowest BCUT2D eigenvalue weighted by atomic mass is 10.2. The molecule has 5 rings (SSSR count). The fourth-order valence-corrected chi connectivity index (χ4v) is 3.53. The summed E-state index contributed by atoms with van der Waals surface area (Å²) < 4.78 is 11.6. The average Bonchev–Trinajstić information content (AvgIpc) is 3.41. The van der Waals surface area contributed by atoms with E-state index in [4.69, 9.17) is 9.05 Å². The van der Waals surface area contributed by atoms with Gasteiger partial charge in [-0.05, 0) is 25.1 Å². The molecule has 4 heterocycles. The van der Waals surface area contributed by atoms with Gasteiger partial charge in [-0.1, -0.05) is 10.3 Å². The van der Waals surface area contributed by atoms with Crippen LogP contribution in [0, 0.1) is 6.92 Å². The summed E-state index contributed by atoms with van der Waals surface area (Å²) in [5, 5.41) is 8.73. The molecular weight excluding hydrogens is 366 g/mol. The van der Waals surface area contributed by atoms with Crippen molar-refractivity contribution in [2.75, 3.05) is 0 Å². The number of nitrogens with zero attached hydrogens (tertiary/aromatic N) is 7. The average molecular weight is 377 g/mol. The van der Waals surface area contributed by atoms with E-state index >= 15 is 0 Å². The second-order valence-electron chi connectivity index (χ2n) is 5.76. The number of rotatable bonds is 4. The van der Waals surface area contributed by atoms with E-state index in [1.165, 1.54) is 6.33 Å². The number of aromatic nitrogens is 7. The molecule has 0 aliphatic carbocycles. The molecule has 0 atom stereocenters. The van der Waals surface area contributed by atoms with E-state index in [9.17, 15) is 0 Å². The first-order valence-electron chi connectivity index (χ1n) is 8.03. The molecule has 1 aromatic carbocycles. The summed E-state index contributed by atoms with van der Waals surface area (Å²) in [5.41, 5.74) is 2.38. The molecule has 0 saturated heterocycles. The predicted octanol–water partition coefficient (Wildman–Crippen LogP) is 3.09. The van der Waals surface area contributed by atoms with Gasteiger partial charge >= 0.3 is 0 Å². The van der Waals surface area contributed by atoms with E-state index in [0.717, 1.165) is 20.8 Å². The lowest BCUT2D eigenvalue weighted by Crippen LogP contribution is -1.90. The Kier molecular flexibility index (Phi) is 3.68. The molecule has 132 valence electrons. The molecule has 5 aromatic rings. The van der Waals surface area contributed by atoms with Gasteiger partial charge in [-0.2, -0.15) is 9.97 Å². The maximum atomic E-state index is 5.28. The lowest BCUT2D eigenvalue weighted by Gasteiger charge is -1.93. The minimum atomic E-state index is 0.390. The second-order valence-corrected chi connectivity index (χ2v) is 6.87. The summed E-state index contributed by atoms with van der Waals surface area (Å²) in [4.78, 5) is 21.2. The first-order valence-corrected chi connectivity index (χ1v) is 8.84. The predicted molar refractivity (Wildman–Crippen MR) is 95.8 cm³/mol. The van der Waals surface area contributed by atoms with E-state index in [1.807, 2.05) is 18.2 Å². The van der Waals surface area contributed by atoms with Gasteiger partial charge in [0, 0.05) is 18.0 Å². The van der Waals surface area contributed by atoms with Gasteiger partial charge in [-0.25, -0.2) is 15.0 Å². The molecule has 0 aliphatic rings. The zero-order chi connectivity index (χ0) is 18.2. The van der Waals surface area contributed by atoms with Crippen LogP contribution in [0.1, 0.15) is 16.7 Å². The van der Waals surface area contributed by atoms with Crippen LogP contribution in [0.3, 0.4) is 0 Å². The zero-order valence-electron chi connectivity index (χ0n) is 14.0. The molecule has 9 nitrogen and oxygen atoms in total. The van der Waals surface area contributed by atoms with Gasteiger partial charge in [-0.15, -0.1) is 11.3 Å². The molecule has 0 amide bonds. The standard InChI is InChI=1S/C17H11N7O2S/c1-9-20-16(25-23-9)10-2-3-13-12(4-10)21-15(27-13)5-14-22-17(26-24-14)11-6-18-8-19-7-11/h2-4,6-8H,5H2,1H3. The maximum absolute atomic E-state index is 5.28.